The van der Waals surface area contributed by atoms with E-state index >= 15 is 0 Å². The number of benzene rings is 1. The Balaban J connectivity index is 2.27. The van der Waals surface area contributed by atoms with Crippen molar-refractivity contribution in [3.8, 4) is 0 Å². The lowest BCUT2D eigenvalue weighted by Gasteiger charge is -2.16. The maximum absolute atomic E-state index is 13.0. The van der Waals surface area contributed by atoms with E-state index in [1.165, 1.54) is 12.1 Å². The number of aryl methyl sites for hydroxylation is 1. The number of rotatable bonds is 5. The number of nitrogens with zero attached hydrogens (tertiary/aromatic N) is 2. The molecule has 0 saturated carbocycles. The first-order valence-electron chi connectivity index (χ1n) is 6.17. The van der Waals surface area contributed by atoms with Gasteiger partial charge in [0.25, 0.3) is 0 Å². The fourth-order valence-corrected chi connectivity index (χ4v) is 1.92. The van der Waals surface area contributed by atoms with Crippen molar-refractivity contribution in [1.29, 1.82) is 0 Å². The lowest BCUT2D eigenvalue weighted by atomic mass is 10.0. The Morgan fingerprint density at radius 1 is 1.33 bits per heavy atom. The Hall–Kier alpha value is -1.68. The van der Waals surface area contributed by atoms with Crippen LogP contribution in [0.25, 0.3) is 0 Å². The standard InChI is InChI=1S/C14H18FN3/c1-3-8-16-14(13-9-18(2)10-17-13)11-4-6-12(15)7-5-11/h4-7,9-10,14,16H,3,8H2,1-2H3. The average molecular weight is 247 g/mol. The van der Waals surface area contributed by atoms with Crippen LogP contribution in [0, 0.1) is 5.82 Å². The van der Waals surface area contributed by atoms with Crippen LogP contribution in [-0.2, 0) is 7.05 Å². The molecule has 2 rings (SSSR count). The van der Waals surface area contributed by atoms with E-state index in [0.717, 1.165) is 24.2 Å². The summed E-state index contributed by atoms with van der Waals surface area (Å²) in [6, 6.07) is 6.60. The van der Waals surface area contributed by atoms with Crippen LogP contribution in [0.2, 0.25) is 0 Å². The van der Waals surface area contributed by atoms with E-state index < -0.39 is 0 Å². The van der Waals surface area contributed by atoms with E-state index in [9.17, 15) is 4.39 Å². The van der Waals surface area contributed by atoms with Gasteiger partial charge in [0.2, 0.25) is 0 Å². The normalized spacial score (nSPS) is 12.6. The van der Waals surface area contributed by atoms with Crippen molar-refractivity contribution in [1.82, 2.24) is 14.9 Å². The van der Waals surface area contributed by atoms with Crippen LogP contribution in [0.5, 0.6) is 0 Å². The topological polar surface area (TPSA) is 29.9 Å². The molecule has 1 N–H and O–H groups in total. The second-order valence-electron chi connectivity index (χ2n) is 4.40. The number of nitrogens with one attached hydrogen (secondary N) is 1. The van der Waals surface area contributed by atoms with Crippen molar-refractivity contribution in [2.75, 3.05) is 6.54 Å². The summed E-state index contributed by atoms with van der Waals surface area (Å²) in [5.41, 5.74) is 1.99. The van der Waals surface area contributed by atoms with E-state index in [-0.39, 0.29) is 11.9 Å². The molecule has 0 spiro atoms. The van der Waals surface area contributed by atoms with Gasteiger partial charge in [-0.3, -0.25) is 0 Å². The first-order valence-corrected chi connectivity index (χ1v) is 6.17. The van der Waals surface area contributed by atoms with Gasteiger partial charge in [-0.2, -0.15) is 0 Å². The van der Waals surface area contributed by atoms with Gasteiger partial charge in [-0.1, -0.05) is 19.1 Å². The summed E-state index contributed by atoms with van der Waals surface area (Å²) in [5, 5.41) is 3.44. The van der Waals surface area contributed by atoms with Gasteiger partial charge in [-0.05, 0) is 30.7 Å². The quantitative estimate of drug-likeness (QED) is 0.880. The van der Waals surface area contributed by atoms with Gasteiger partial charge in [0.15, 0.2) is 0 Å². The molecule has 0 saturated heterocycles. The maximum atomic E-state index is 13.0. The smallest absolute Gasteiger partial charge is 0.123 e. The van der Waals surface area contributed by atoms with Gasteiger partial charge in [0.05, 0.1) is 18.1 Å². The fourth-order valence-electron chi connectivity index (χ4n) is 1.92. The molecule has 3 nitrogen and oxygen atoms in total. The van der Waals surface area contributed by atoms with E-state index in [1.807, 2.05) is 17.8 Å². The first kappa shape index (κ1) is 12.8. The molecule has 0 radical (unpaired) electrons. The Bertz CT molecular complexity index is 490. The highest BCUT2D eigenvalue weighted by molar-refractivity contribution is 5.27. The fraction of sp³-hybridized carbons (Fsp3) is 0.357. The highest BCUT2D eigenvalue weighted by Crippen LogP contribution is 2.20. The van der Waals surface area contributed by atoms with E-state index in [1.54, 1.807) is 18.5 Å². The van der Waals surface area contributed by atoms with Crippen molar-refractivity contribution in [3.05, 3.63) is 53.9 Å². The van der Waals surface area contributed by atoms with E-state index in [0.29, 0.717) is 0 Å². The molecule has 4 heteroatoms. The SMILES string of the molecule is CCCNC(c1ccc(F)cc1)c1cn(C)cn1. The molecule has 96 valence electrons. The predicted molar refractivity (Wildman–Crippen MR) is 69.7 cm³/mol. The summed E-state index contributed by atoms with van der Waals surface area (Å²) in [5.74, 6) is -0.214. The van der Waals surface area contributed by atoms with Gasteiger partial charge in [0, 0.05) is 13.2 Å². The van der Waals surface area contributed by atoms with Gasteiger partial charge in [0.1, 0.15) is 5.82 Å². The van der Waals surface area contributed by atoms with Crippen molar-refractivity contribution >= 4 is 0 Å². The molecule has 1 aromatic carbocycles. The molecule has 0 fully saturated rings. The molecule has 18 heavy (non-hydrogen) atoms. The number of aromatic nitrogens is 2. The summed E-state index contributed by atoms with van der Waals surface area (Å²) >= 11 is 0. The zero-order valence-electron chi connectivity index (χ0n) is 10.7. The molecule has 0 aliphatic rings. The number of halogens is 1. The lowest BCUT2D eigenvalue weighted by molar-refractivity contribution is 0.584. The van der Waals surface area contributed by atoms with Crippen molar-refractivity contribution in [2.45, 2.75) is 19.4 Å². The van der Waals surface area contributed by atoms with Gasteiger partial charge in [-0.25, -0.2) is 9.37 Å². The molecule has 1 aromatic heterocycles. The summed E-state index contributed by atoms with van der Waals surface area (Å²) < 4.78 is 14.9. The van der Waals surface area contributed by atoms with E-state index in [4.69, 9.17) is 0 Å². The summed E-state index contributed by atoms with van der Waals surface area (Å²) in [6.07, 6.45) is 4.81. The van der Waals surface area contributed by atoms with Crippen LogP contribution in [0.1, 0.15) is 30.6 Å². The molecular weight excluding hydrogens is 229 g/mol. The van der Waals surface area contributed by atoms with Crippen LogP contribution >= 0.6 is 0 Å². The van der Waals surface area contributed by atoms with Gasteiger partial charge in [-0.15, -0.1) is 0 Å². The minimum atomic E-state index is -0.214. The molecule has 1 unspecified atom stereocenters. The molecule has 1 heterocycles. The van der Waals surface area contributed by atoms with Gasteiger partial charge < -0.3 is 9.88 Å². The minimum Gasteiger partial charge on any atom is -0.340 e. The molecule has 1 atom stereocenters. The highest BCUT2D eigenvalue weighted by atomic mass is 19.1. The largest absolute Gasteiger partial charge is 0.340 e. The lowest BCUT2D eigenvalue weighted by Crippen LogP contribution is -2.23. The van der Waals surface area contributed by atoms with Crippen LogP contribution in [0.15, 0.2) is 36.8 Å². The molecule has 0 aliphatic heterocycles. The third kappa shape index (κ3) is 2.96. The zero-order chi connectivity index (χ0) is 13.0. The van der Waals surface area contributed by atoms with E-state index in [2.05, 4.69) is 17.2 Å². The predicted octanol–water partition coefficient (Wildman–Crippen LogP) is 2.65. The minimum absolute atomic E-state index is 0.0201. The summed E-state index contributed by atoms with van der Waals surface area (Å²) in [6.45, 7) is 3.02. The molecule has 0 bridgehead atoms. The van der Waals surface area contributed by atoms with Crippen LogP contribution in [-0.4, -0.2) is 16.1 Å². The van der Waals surface area contributed by atoms with Crippen molar-refractivity contribution in [2.24, 2.45) is 7.05 Å². The second-order valence-corrected chi connectivity index (χ2v) is 4.40. The molecule has 2 aromatic rings. The van der Waals surface area contributed by atoms with Crippen molar-refractivity contribution in [3.63, 3.8) is 0 Å². The Kier molecular flexibility index (Phi) is 4.10. The zero-order valence-corrected chi connectivity index (χ0v) is 10.7. The number of hydrogen-bond acceptors (Lipinski definition) is 2. The third-order valence-electron chi connectivity index (χ3n) is 2.82. The van der Waals surface area contributed by atoms with Crippen molar-refractivity contribution < 1.29 is 4.39 Å². The Morgan fingerprint density at radius 3 is 2.61 bits per heavy atom. The average Bonchev–Trinajstić information content (AvgIpc) is 2.78. The monoisotopic (exact) mass is 247 g/mol. The Labute approximate surface area is 107 Å². The van der Waals surface area contributed by atoms with Gasteiger partial charge >= 0.3 is 0 Å². The van der Waals surface area contributed by atoms with Crippen LogP contribution in [0.3, 0.4) is 0 Å². The molecule has 0 amide bonds. The van der Waals surface area contributed by atoms with Crippen LogP contribution < -0.4 is 5.32 Å². The Morgan fingerprint density at radius 2 is 2.06 bits per heavy atom. The van der Waals surface area contributed by atoms with Crippen LogP contribution in [0.4, 0.5) is 4.39 Å². The number of hydrogen-bond donors (Lipinski definition) is 1. The summed E-state index contributed by atoms with van der Waals surface area (Å²) in [4.78, 5) is 4.37. The summed E-state index contributed by atoms with van der Waals surface area (Å²) in [7, 11) is 1.94. The maximum Gasteiger partial charge on any atom is 0.123 e. The second kappa shape index (κ2) is 5.78. The molecular formula is C14H18FN3. The highest BCUT2D eigenvalue weighted by Gasteiger charge is 2.15. The number of imidazole rings is 1. The third-order valence-corrected chi connectivity index (χ3v) is 2.82. The first-order chi connectivity index (χ1) is 8.70. The molecule has 0 aliphatic carbocycles.